The molecular formula is C20H30ClN3O4Si. The molecule has 1 saturated heterocycles. The van der Waals surface area contributed by atoms with Crippen LogP contribution < -0.4 is 4.74 Å². The van der Waals surface area contributed by atoms with Crippen molar-refractivity contribution >= 4 is 36.8 Å². The smallest absolute Gasteiger partial charge is 0.407 e. The third-order valence-corrected chi connectivity index (χ3v) is 7.15. The van der Waals surface area contributed by atoms with Crippen molar-refractivity contribution < 1.29 is 19.4 Å². The van der Waals surface area contributed by atoms with Crippen LogP contribution in [-0.2, 0) is 11.5 Å². The van der Waals surface area contributed by atoms with E-state index in [0.717, 1.165) is 36.5 Å². The minimum absolute atomic E-state index is 0.333. The van der Waals surface area contributed by atoms with E-state index in [1.807, 2.05) is 16.8 Å². The van der Waals surface area contributed by atoms with E-state index in [-0.39, 0.29) is 0 Å². The average molecular weight is 440 g/mol. The van der Waals surface area contributed by atoms with Gasteiger partial charge in [-0.05, 0) is 30.9 Å². The van der Waals surface area contributed by atoms with Crippen molar-refractivity contribution in [1.82, 2.24) is 14.5 Å². The summed E-state index contributed by atoms with van der Waals surface area (Å²) in [4.78, 5) is 16.9. The van der Waals surface area contributed by atoms with Crippen molar-refractivity contribution in [3.63, 3.8) is 0 Å². The number of aromatic nitrogens is 2. The molecule has 2 aromatic rings. The number of pyridine rings is 1. The van der Waals surface area contributed by atoms with Gasteiger partial charge in [0.25, 0.3) is 0 Å². The van der Waals surface area contributed by atoms with Crippen LogP contribution in [0.15, 0.2) is 18.3 Å². The molecule has 2 aromatic heterocycles. The van der Waals surface area contributed by atoms with Gasteiger partial charge in [-0.1, -0.05) is 31.2 Å². The molecule has 0 aliphatic carbocycles. The van der Waals surface area contributed by atoms with Crippen molar-refractivity contribution in [1.29, 1.82) is 0 Å². The maximum Gasteiger partial charge on any atom is 0.407 e. The fourth-order valence-electron chi connectivity index (χ4n) is 3.36. The van der Waals surface area contributed by atoms with Gasteiger partial charge < -0.3 is 24.0 Å². The van der Waals surface area contributed by atoms with E-state index in [1.165, 1.54) is 4.90 Å². The minimum Gasteiger partial charge on any atom is -0.492 e. The highest BCUT2D eigenvalue weighted by molar-refractivity contribution is 6.76. The number of ether oxygens (including phenoxy) is 2. The standard InChI is InChI=1S/C20H30ClN3O4Si/c1-29(2,3)11-10-27-14-24-9-6-16-17(12-18(21)22-19(16)24)28-13-15-4-7-23(8-5-15)20(25)26/h6,9,12,15H,4-5,7-8,10-11,13-14H2,1-3H3,(H,25,26). The number of rotatable bonds is 8. The van der Waals surface area contributed by atoms with E-state index >= 15 is 0 Å². The van der Waals surface area contributed by atoms with Gasteiger partial charge in [-0.15, -0.1) is 0 Å². The minimum atomic E-state index is -1.12. The average Bonchev–Trinajstić information content (AvgIpc) is 3.05. The highest BCUT2D eigenvalue weighted by Crippen LogP contribution is 2.30. The fraction of sp³-hybridized carbons (Fsp3) is 0.600. The van der Waals surface area contributed by atoms with Crippen LogP contribution in [0.2, 0.25) is 30.8 Å². The summed E-state index contributed by atoms with van der Waals surface area (Å²) in [5.41, 5.74) is 0.751. The Hall–Kier alpha value is -1.77. The van der Waals surface area contributed by atoms with Gasteiger partial charge in [-0.25, -0.2) is 9.78 Å². The molecule has 160 valence electrons. The molecule has 1 aliphatic heterocycles. The van der Waals surface area contributed by atoms with Crippen molar-refractivity contribution in [3.05, 3.63) is 23.5 Å². The SMILES string of the molecule is C[Si](C)(C)CCOCn1ccc2c(OCC3CCN(C(=O)O)CC3)cc(Cl)nc21. The first-order chi connectivity index (χ1) is 13.7. The van der Waals surface area contributed by atoms with Gasteiger partial charge in [0, 0.05) is 40.0 Å². The normalized spacial score (nSPS) is 15.8. The van der Waals surface area contributed by atoms with Gasteiger partial charge in [-0.3, -0.25) is 0 Å². The Morgan fingerprint density at radius 3 is 2.72 bits per heavy atom. The Balaban J connectivity index is 1.60. The van der Waals surface area contributed by atoms with Crippen LogP contribution in [0.3, 0.4) is 0 Å². The number of piperidine rings is 1. The summed E-state index contributed by atoms with van der Waals surface area (Å²) in [7, 11) is -1.12. The lowest BCUT2D eigenvalue weighted by Crippen LogP contribution is -2.38. The summed E-state index contributed by atoms with van der Waals surface area (Å²) < 4.78 is 13.9. The second kappa shape index (κ2) is 9.36. The van der Waals surface area contributed by atoms with E-state index in [4.69, 9.17) is 26.2 Å². The number of hydrogen-bond acceptors (Lipinski definition) is 4. The Morgan fingerprint density at radius 1 is 1.34 bits per heavy atom. The third kappa shape index (κ3) is 6.10. The van der Waals surface area contributed by atoms with Crippen molar-refractivity contribution in [2.45, 2.75) is 45.3 Å². The number of hydrogen-bond donors (Lipinski definition) is 1. The lowest BCUT2D eigenvalue weighted by Gasteiger charge is -2.29. The van der Waals surface area contributed by atoms with Crippen LogP contribution in [0.5, 0.6) is 5.75 Å². The fourth-order valence-corrected chi connectivity index (χ4v) is 4.30. The number of fused-ring (bicyclic) bond motifs is 1. The topological polar surface area (TPSA) is 76.8 Å². The van der Waals surface area contributed by atoms with Gasteiger partial charge in [0.1, 0.15) is 23.3 Å². The number of carboxylic acid groups (broad SMARTS) is 1. The highest BCUT2D eigenvalue weighted by Gasteiger charge is 2.23. The van der Waals surface area contributed by atoms with Crippen molar-refractivity contribution in [2.24, 2.45) is 5.92 Å². The quantitative estimate of drug-likeness (QED) is 0.364. The molecule has 3 rings (SSSR count). The molecule has 1 N–H and O–H groups in total. The van der Waals surface area contributed by atoms with E-state index in [9.17, 15) is 4.79 Å². The van der Waals surface area contributed by atoms with Gasteiger partial charge in [0.2, 0.25) is 0 Å². The largest absolute Gasteiger partial charge is 0.492 e. The van der Waals surface area contributed by atoms with E-state index in [2.05, 4.69) is 24.6 Å². The lowest BCUT2D eigenvalue weighted by atomic mass is 9.98. The van der Waals surface area contributed by atoms with Gasteiger partial charge in [-0.2, -0.15) is 0 Å². The summed E-state index contributed by atoms with van der Waals surface area (Å²) in [5, 5.41) is 10.4. The molecule has 0 aromatic carbocycles. The lowest BCUT2D eigenvalue weighted by molar-refractivity contribution is 0.0898. The Kier molecular flexibility index (Phi) is 7.08. The zero-order chi connectivity index (χ0) is 21.0. The maximum absolute atomic E-state index is 11.0. The zero-order valence-corrected chi connectivity index (χ0v) is 19.1. The molecule has 0 radical (unpaired) electrons. The summed E-state index contributed by atoms with van der Waals surface area (Å²) in [6.45, 7) is 9.83. The summed E-state index contributed by atoms with van der Waals surface area (Å²) in [6, 6.07) is 4.84. The second-order valence-electron chi connectivity index (χ2n) is 8.84. The molecule has 1 aliphatic rings. The second-order valence-corrected chi connectivity index (χ2v) is 14.8. The van der Waals surface area contributed by atoms with Crippen LogP contribution in [0.1, 0.15) is 12.8 Å². The summed E-state index contributed by atoms with van der Waals surface area (Å²) >= 11 is 6.24. The predicted octanol–water partition coefficient (Wildman–Crippen LogP) is 4.77. The van der Waals surface area contributed by atoms with Gasteiger partial charge in [0.05, 0.1) is 12.0 Å². The molecular weight excluding hydrogens is 410 g/mol. The van der Waals surface area contributed by atoms with Crippen LogP contribution in [0.4, 0.5) is 4.79 Å². The first-order valence-corrected chi connectivity index (χ1v) is 14.2. The van der Waals surface area contributed by atoms with E-state index in [0.29, 0.717) is 43.2 Å². The highest BCUT2D eigenvalue weighted by atomic mass is 35.5. The molecule has 3 heterocycles. The van der Waals surface area contributed by atoms with Gasteiger partial charge in [0.15, 0.2) is 0 Å². The molecule has 7 nitrogen and oxygen atoms in total. The first kappa shape index (κ1) is 21.9. The number of carbonyl (C=O) groups is 1. The van der Waals surface area contributed by atoms with Crippen LogP contribution in [0.25, 0.3) is 11.0 Å². The van der Waals surface area contributed by atoms with E-state index < -0.39 is 14.2 Å². The molecule has 29 heavy (non-hydrogen) atoms. The molecule has 0 spiro atoms. The Labute approximate surface area is 177 Å². The molecule has 0 saturated carbocycles. The third-order valence-electron chi connectivity index (χ3n) is 5.25. The molecule has 9 heteroatoms. The number of nitrogens with zero attached hydrogens (tertiary/aromatic N) is 3. The van der Waals surface area contributed by atoms with Crippen LogP contribution >= 0.6 is 11.6 Å². The van der Waals surface area contributed by atoms with Crippen LogP contribution in [-0.4, -0.2) is 60.0 Å². The monoisotopic (exact) mass is 439 g/mol. The van der Waals surface area contributed by atoms with Crippen molar-refractivity contribution in [2.75, 3.05) is 26.3 Å². The van der Waals surface area contributed by atoms with Crippen molar-refractivity contribution in [3.8, 4) is 5.75 Å². The van der Waals surface area contributed by atoms with Gasteiger partial charge >= 0.3 is 6.09 Å². The molecule has 0 bridgehead atoms. The first-order valence-electron chi connectivity index (χ1n) is 10.1. The molecule has 1 amide bonds. The molecule has 1 fully saturated rings. The summed E-state index contributed by atoms with van der Waals surface area (Å²) in [6.07, 6.45) is 2.71. The summed E-state index contributed by atoms with van der Waals surface area (Å²) in [5.74, 6) is 1.04. The zero-order valence-electron chi connectivity index (χ0n) is 17.4. The molecule has 0 atom stereocenters. The van der Waals surface area contributed by atoms with E-state index in [1.54, 1.807) is 6.07 Å². The number of halogens is 1. The number of likely N-dealkylation sites (tertiary alicyclic amines) is 1. The Bertz CT molecular complexity index is 844. The maximum atomic E-state index is 11.0. The predicted molar refractivity (Wildman–Crippen MR) is 117 cm³/mol. The number of amides is 1. The van der Waals surface area contributed by atoms with Crippen LogP contribution in [0, 0.1) is 5.92 Å². The molecule has 0 unspecified atom stereocenters. The Morgan fingerprint density at radius 2 is 2.07 bits per heavy atom.